The smallest absolute Gasteiger partial charge is 0.414 e. The summed E-state index contributed by atoms with van der Waals surface area (Å²) in [5.41, 5.74) is 11.5. The van der Waals surface area contributed by atoms with E-state index in [0.717, 1.165) is 22.3 Å². The molecule has 4 aromatic rings. The number of cyclic esters (lactones) is 1. The maximum Gasteiger partial charge on any atom is 0.414 e. The number of hydrogen-bond acceptors (Lipinski definition) is 11. The molecule has 0 bridgehead atoms. The first-order valence-electron chi connectivity index (χ1n) is 19.8. The summed E-state index contributed by atoms with van der Waals surface area (Å²) in [6, 6.07) is 26.8. The number of carbonyl (C=O) groups excluding carboxylic acids is 5. The highest BCUT2D eigenvalue weighted by atomic mass is 32.1. The van der Waals surface area contributed by atoms with E-state index in [1.807, 2.05) is 53.4 Å². The van der Waals surface area contributed by atoms with Gasteiger partial charge in [0, 0.05) is 56.2 Å². The van der Waals surface area contributed by atoms with Crippen LogP contribution >= 0.6 is 12.2 Å². The first-order valence-corrected chi connectivity index (χ1v) is 20.2. The number of ether oxygens (including phenoxy) is 2. The molecule has 61 heavy (non-hydrogen) atoms. The summed E-state index contributed by atoms with van der Waals surface area (Å²) < 4.78 is 51.2. The van der Waals surface area contributed by atoms with E-state index in [9.17, 15) is 32.8 Å². The summed E-state index contributed by atoms with van der Waals surface area (Å²) in [5.74, 6) is -2.63. The fourth-order valence-corrected chi connectivity index (χ4v) is 7.75. The molecule has 4 aromatic carbocycles. The molecule has 1 aliphatic carbocycles. The number of halogens is 3. The molecule has 0 unspecified atom stereocenters. The fraction of sp³-hybridized carbons (Fsp3) is 0.318. The molecule has 2 heterocycles. The van der Waals surface area contributed by atoms with Crippen molar-refractivity contribution in [2.45, 2.75) is 37.7 Å². The number of hydrogen-bond donors (Lipinski definition) is 3. The molecule has 0 spiro atoms. The van der Waals surface area contributed by atoms with Crippen molar-refractivity contribution in [2.75, 3.05) is 67.6 Å². The van der Waals surface area contributed by atoms with E-state index in [1.54, 1.807) is 41.3 Å². The number of ketones is 2. The third-order valence-corrected chi connectivity index (χ3v) is 11.2. The van der Waals surface area contributed by atoms with E-state index >= 15 is 4.39 Å². The third kappa shape index (κ3) is 10.2. The number of alkyl halides is 2. The largest absolute Gasteiger partial charge is 0.459 e. The van der Waals surface area contributed by atoms with Gasteiger partial charge in [-0.25, -0.2) is 28.2 Å². The second-order valence-corrected chi connectivity index (χ2v) is 15.2. The topological polar surface area (TPSA) is 150 Å². The minimum absolute atomic E-state index is 0.0327. The Morgan fingerprint density at radius 3 is 2.20 bits per heavy atom. The van der Waals surface area contributed by atoms with Crippen LogP contribution in [0, 0.1) is 5.82 Å². The van der Waals surface area contributed by atoms with Crippen molar-refractivity contribution in [1.82, 2.24) is 15.6 Å². The highest BCUT2D eigenvalue weighted by Gasteiger charge is 2.34. The lowest BCUT2D eigenvalue weighted by Crippen LogP contribution is -2.49. The molecule has 0 aromatic heterocycles. The summed E-state index contributed by atoms with van der Waals surface area (Å²) in [5, 5.41) is 2.37. The number of nitrogens with zero attached hydrogens (tertiary/aromatic N) is 3. The van der Waals surface area contributed by atoms with Gasteiger partial charge in [0.05, 0.1) is 31.0 Å². The lowest BCUT2D eigenvalue weighted by atomic mass is 9.98. The number of esters is 1. The molecule has 3 aliphatic rings. The zero-order valence-electron chi connectivity index (χ0n) is 32.9. The molecule has 2 saturated heterocycles. The van der Waals surface area contributed by atoms with Gasteiger partial charge in [0.25, 0.3) is 12.2 Å². The van der Waals surface area contributed by atoms with E-state index in [2.05, 4.69) is 28.4 Å². The average molecular weight is 857 g/mol. The van der Waals surface area contributed by atoms with Crippen molar-refractivity contribution in [3.05, 3.63) is 114 Å². The van der Waals surface area contributed by atoms with Crippen molar-refractivity contribution < 1.29 is 46.6 Å². The van der Waals surface area contributed by atoms with E-state index in [1.165, 1.54) is 11.0 Å². The Bertz CT molecular complexity index is 2260. The predicted molar refractivity (Wildman–Crippen MR) is 225 cm³/mol. The molecule has 0 saturated carbocycles. The number of piperazine rings is 1. The third-order valence-electron chi connectivity index (χ3n) is 10.8. The highest BCUT2D eigenvalue weighted by molar-refractivity contribution is 7.80. The minimum Gasteiger partial charge on any atom is -0.459 e. The van der Waals surface area contributed by atoms with E-state index in [-0.39, 0.29) is 62.4 Å². The number of benzene rings is 4. The summed E-state index contributed by atoms with van der Waals surface area (Å²) >= 11 is 4.55. The number of thiocarbonyl (C=S) groups is 1. The van der Waals surface area contributed by atoms with Crippen molar-refractivity contribution in [2.24, 2.45) is 0 Å². The summed E-state index contributed by atoms with van der Waals surface area (Å²) in [4.78, 5) is 67.4. The SMILES string of the molecule is O=C(CNNc1ccc(C(=O)CCCC(=O)N2CCN(c3ccc(N4C[C@H](CNC(=S)C(F)F)OC4=O)cc3F)CC2)cc1)C(=O)OCC1c2ccccc2-c2ccccc21. The zero-order chi connectivity index (χ0) is 43.0. The minimum atomic E-state index is -2.83. The average Bonchev–Trinajstić information content (AvgIpc) is 3.81. The van der Waals surface area contributed by atoms with Gasteiger partial charge < -0.3 is 30.0 Å². The van der Waals surface area contributed by atoms with Gasteiger partial charge in [-0.2, -0.15) is 0 Å². The maximum absolute atomic E-state index is 15.3. The standard InChI is InChI=1S/C44H43F3N6O7S/c45-36-22-29(53-25-30(60-44(53)58)23-48-42(61)41(46)47)16-17-37(36)51-18-20-52(21-19-51)40(56)11-5-10-38(54)27-12-14-28(15-13-27)50-49-24-39(55)43(57)59-26-35-33-8-3-1-6-31(33)32-7-2-4-9-34(32)35/h1-4,6-9,12-17,22,30,35,41,49-50H,5,10-11,18-21,23-26H2,(H,48,61)/t30-/m0/s1. The molecule has 318 valence electrons. The number of anilines is 3. The van der Waals surface area contributed by atoms with Crippen molar-refractivity contribution >= 4 is 63.8 Å². The van der Waals surface area contributed by atoms with Crippen LogP contribution in [0.5, 0.6) is 0 Å². The van der Waals surface area contributed by atoms with Crippen molar-refractivity contribution in [1.29, 1.82) is 0 Å². The molecular formula is C44H43F3N6O7S. The lowest BCUT2D eigenvalue weighted by molar-refractivity contribution is -0.153. The number of fused-ring (bicyclic) bond motifs is 3. The summed E-state index contributed by atoms with van der Waals surface area (Å²) in [6.07, 6.45) is -3.61. The number of amides is 2. The molecule has 3 N–H and O–H groups in total. The molecule has 2 amide bonds. The van der Waals surface area contributed by atoms with Crippen LogP contribution in [0.3, 0.4) is 0 Å². The lowest BCUT2D eigenvalue weighted by Gasteiger charge is -2.36. The molecule has 7 rings (SSSR count). The van der Waals surface area contributed by atoms with Crippen LogP contribution in [-0.4, -0.2) is 104 Å². The first-order chi connectivity index (χ1) is 29.5. The van der Waals surface area contributed by atoms with Gasteiger partial charge in [0.15, 0.2) is 5.78 Å². The van der Waals surface area contributed by atoms with Crippen molar-refractivity contribution in [3.8, 4) is 11.1 Å². The predicted octanol–water partition coefficient (Wildman–Crippen LogP) is 5.88. The van der Waals surface area contributed by atoms with Crippen LogP contribution in [0.4, 0.5) is 35.0 Å². The number of nitrogens with one attached hydrogen (secondary N) is 3. The first kappa shape index (κ1) is 42.8. The zero-order valence-corrected chi connectivity index (χ0v) is 33.7. The Balaban J connectivity index is 0.782. The Kier molecular flexibility index (Phi) is 13.6. The Hall–Kier alpha value is -6.33. The van der Waals surface area contributed by atoms with Gasteiger partial charge in [0.1, 0.15) is 23.5 Å². The molecule has 17 heteroatoms. The fourth-order valence-electron chi connectivity index (χ4n) is 7.67. The van der Waals surface area contributed by atoms with E-state index < -0.39 is 41.2 Å². The number of hydrazine groups is 1. The molecule has 13 nitrogen and oxygen atoms in total. The van der Waals surface area contributed by atoms with E-state index in [0.29, 0.717) is 49.5 Å². The monoisotopic (exact) mass is 856 g/mol. The second kappa shape index (κ2) is 19.4. The van der Waals surface area contributed by atoms with E-state index in [4.69, 9.17) is 9.47 Å². The van der Waals surface area contributed by atoms with Crippen LogP contribution in [0.25, 0.3) is 11.1 Å². The summed E-state index contributed by atoms with van der Waals surface area (Å²) in [6.45, 7) is 1.15. The number of Topliss-reactive ketones (excluding diaryl/α,β-unsaturated/α-hetero) is 2. The molecule has 1 atom stereocenters. The molecule has 0 radical (unpaired) electrons. The Morgan fingerprint density at radius 2 is 1.54 bits per heavy atom. The second-order valence-electron chi connectivity index (χ2n) is 14.7. The van der Waals surface area contributed by atoms with Gasteiger partial charge in [0.2, 0.25) is 5.91 Å². The van der Waals surface area contributed by atoms with Gasteiger partial charge in [-0.3, -0.25) is 19.3 Å². The summed E-state index contributed by atoms with van der Waals surface area (Å²) in [7, 11) is 0. The highest BCUT2D eigenvalue weighted by Crippen LogP contribution is 2.44. The number of rotatable bonds is 17. The van der Waals surface area contributed by atoms with Crippen molar-refractivity contribution in [3.63, 3.8) is 0 Å². The maximum atomic E-state index is 15.3. The van der Waals surface area contributed by atoms with Gasteiger partial charge in [-0.15, -0.1) is 0 Å². The van der Waals surface area contributed by atoms with Gasteiger partial charge in [-0.1, -0.05) is 60.7 Å². The van der Waals surface area contributed by atoms with Crippen LogP contribution in [0.1, 0.15) is 46.7 Å². The van der Waals surface area contributed by atoms with Gasteiger partial charge >= 0.3 is 12.1 Å². The normalized spacial score (nSPS) is 15.9. The Labute approximate surface area is 355 Å². The molecule has 2 aliphatic heterocycles. The van der Waals surface area contributed by atoms with Crippen LogP contribution in [0.15, 0.2) is 91.0 Å². The van der Waals surface area contributed by atoms with Gasteiger partial charge in [-0.05, 0) is 71.1 Å². The van der Waals surface area contributed by atoms with Crippen LogP contribution in [0.2, 0.25) is 0 Å². The molecular weight excluding hydrogens is 814 g/mol. The van der Waals surface area contributed by atoms with Crippen LogP contribution < -0.4 is 26.0 Å². The quantitative estimate of drug-likeness (QED) is 0.0383. The van der Waals surface area contributed by atoms with Crippen LogP contribution in [-0.2, 0) is 23.9 Å². The molecule has 2 fully saturated rings. The number of carbonyl (C=O) groups is 5. The Morgan fingerprint density at radius 1 is 0.869 bits per heavy atom.